The van der Waals surface area contributed by atoms with E-state index in [9.17, 15) is 18.0 Å². The number of pyridine rings is 1. The van der Waals surface area contributed by atoms with Crippen LogP contribution in [0.1, 0.15) is 40.1 Å². The number of fused-ring (bicyclic) bond motifs is 1. The Bertz CT molecular complexity index is 1070. The van der Waals surface area contributed by atoms with Gasteiger partial charge in [0.15, 0.2) is 6.04 Å². The summed E-state index contributed by atoms with van der Waals surface area (Å²) < 4.78 is 47.7. The van der Waals surface area contributed by atoms with Crippen LogP contribution in [0, 0.1) is 0 Å². The van der Waals surface area contributed by atoms with Gasteiger partial charge < -0.3 is 15.4 Å². The molecule has 0 bridgehead atoms. The SMILES string of the molecule is COc1ccccc1[C@H]1C[C@H](C(F)(F)F)n2ncc(C(=O)NCc3ccccn3)c2N1. The van der Waals surface area contributed by atoms with E-state index in [1.54, 1.807) is 48.7 Å². The fourth-order valence-electron chi connectivity index (χ4n) is 3.66. The van der Waals surface area contributed by atoms with Crippen molar-refractivity contribution in [3.8, 4) is 5.75 Å². The summed E-state index contributed by atoms with van der Waals surface area (Å²) >= 11 is 0. The van der Waals surface area contributed by atoms with Crippen molar-refractivity contribution in [2.24, 2.45) is 0 Å². The molecule has 10 heteroatoms. The number of ether oxygens (including phenoxy) is 1. The zero-order valence-corrected chi connectivity index (χ0v) is 16.6. The molecule has 0 saturated carbocycles. The van der Waals surface area contributed by atoms with Crippen molar-refractivity contribution in [2.75, 3.05) is 12.4 Å². The highest BCUT2D eigenvalue weighted by Gasteiger charge is 2.47. The zero-order valence-electron chi connectivity index (χ0n) is 16.6. The number of methoxy groups -OCH3 is 1. The molecule has 3 aromatic rings. The first-order valence-electron chi connectivity index (χ1n) is 9.60. The van der Waals surface area contributed by atoms with Crippen LogP contribution in [0.2, 0.25) is 0 Å². The number of hydrogen-bond donors (Lipinski definition) is 2. The Kier molecular flexibility index (Phi) is 5.53. The number of benzene rings is 1. The predicted octanol–water partition coefficient (Wildman–Crippen LogP) is 3.88. The molecule has 0 saturated heterocycles. The Balaban J connectivity index is 1.65. The number of amides is 1. The molecule has 0 aliphatic carbocycles. The molecule has 1 aliphatic rings. The second-order valence-corrected chi connectivity index (χ2v) is 7.09. The maximum atomic E-state index is 13.8. The number of hydrogen-bond acceptors (Lipinski definition) is 5. The van der Waals surface area contributed by atoms with E-state index in [0.717, 1.165) is 10.9 Å². The van der Waals surface area contributed by atoms with E-state index in [4.69, 9.17) is 4.74 Å². The summed E-state index contributed by atoms with van der Waals surface area (Å²) in [6.07, 6.45) is -2.07. The lowest BCUT2D eigenvalue weighted by Gasteiger charge is -2.34. The molecule has 0 radical (unpaired) electrons. The summed E-state index contributed by atoms with van der Waals surface area (Å²) in [5, 5.41) is 9.62. The number of carbonyl (C=O) groups excluding carboxylic acids is 1. The highest BCUT2D eigenvalue weighted by Crippen LogP contribution is 2.45. The van der Waals surface area contributed by atoms with Gasteiger partial charge in [-0.25, -0.2) is 4.68 Å². The summed E-state index contributed by atoms with van der Waals surface area (Å²) in [4.78, 5) is 16.9. The molecular weight excluding hydrogens is 411 g/mol. The molecule has 3 heterocycles. The molecule has 7 nitrogen and oxygen atoms in total. The average Bonchev–Trinajstić information content (AvgIpc) is 3.20. The van der Waals surface area contributed by atoms with Crippen LogP contribution in [0.25, 0.3) is 0 Å². The van der Waals surface area contributed by atoms with E-state index in [0.29, 0.717) is 17.0 Å². The van der Waals surface area contributed by atoms with E-state index in [1.165, 1.54) is 7.11 Å². The second kappa shape index (κ2) is 8.29. The predicted molar refractivity (Wildman–Crippen MR) is 107 cm³/mol. The van der Waals surface area contributed by atoms with E-state index in [-0.39, 0.29) is 24.3 Å². The van der Waals surface area contributed by atoms with Gasteiger partial charge in [-0.05, 0) is 18.2 Å². The summed E-state index contributed by atoms with van der Waals surface area (Å²) in [7, 11) is 1.46. The molecule has 0 fully saturated rings. The Labute approximate surface area is 176 Å². The fraction of sp³-hybridized carbons (Fsp3) is 0.286. The maximum Gasteiger partial charge on any atom is 0.410 e. The molecule has 31 heavy (non-hydrogen) atoms. The summed E-state index contributed by atoms with van der Waals surface area (Å²) in [6.45, 7) is 0.142. The third-order valence-electron chi connectivity index (χ3n) is 5.15. The zero-order chi connectivity index (χ0) is 22.0. The summed E-state index contributed by atoms with van der Waals surface area (Å²) in [5.41, 5.74) is 1.24. The molecule has 2 N–H and O–H groups in total. The Morgan fingerprint density at radius 1 is 1.26 bits per heavy atom. The van der Waals surface area contributed by atoms with E-state index in [1.807, 2.05) is 0 Å². The van der Waals surface area contributed by atoms with Gasteiger partial charge in [0.05, 0.1) is 31.6 Å². The third kappa shape index (κ3) is 4.18. The molecule has 1 amide bonds. The number of para-hydroxylation sites is 1. The largest absolute Gasteiger partial charge is 0.496 e. The van der Waals surface area contributed by atoms with E-state index in [2.05, 4.69) is 20.7 Å². The summed E-state index contributed by atoms with van der Waals surface area (Å²) in [5.74, 6) is -0.0564. The van der Waals surface area contributed by atoms with Crippen molar-refractivity contribution in [1.29, 1.82) is 0 Å². The minimum absolute atomic E-state index is 0.0167. The Hall–Kier alpha value is -3.56. The lowest BCUT2D eigenvalue weighted by Crippen LogP contribution is -2.36. The van der Waals surface area contributed by atoms with Crippen molar-refractivity contribution < 1.29 is 22.7 Å². The third-order valence-corrected chi connectivity index (χ3v) is 5.15. The number of rotatable bonds is 5. The lowest BCUT2D eigenvalue weighted by atomic mass is 9.95. The van der Waals surface area contributed by atoms with Gasteiger partial charge in [-0.15, -0.1) is 0 Å². The van der Waals surface area contributed by atoms with Crippen LogP contribution >= 0.6 is 0 Å². The molecule has 1 aliphatic heterocycles. The number of nitrogens with one attached hydrogen (secondary N) is 2. The van der Waals surface area contributed by atoms with Crippen LogP contribution in [0.4, 0.5) is 19.0 Å². The first-order chi connectivity index (χ1) is 14.9. The van der Waals surface area contributed by atoms with E-state index < -0.39 is 24.2 Å². The molecule has 162 valence electrons. The van der Waals surface area contributed by atoms with Gasteiger partial charge in [-0.2, -0.15) is 18.3 Å². The van der Waals surface area contributed by atoms with Crippen molar-refractivity contribution in [3.63, 3.8) is 0 Å². The lowest BCUT2D eigenvalue weighted by molar-refractivity contribution is -0.173. The molecule has 2 aromatic heterocycles. The molecule has 2 atom stereocenters. The standard InChI is InChI=1S/C21H20F3N5O2/c1-31-17-8-3-2-7-14(17)16-10-18(21(22,23)24)29-19(28-16)15(12-27-29)20(30)26-11-13-6-4-5-9-25-13/h2-9,12,16,18,28H,10-11H2,1H3,(H,26,30)/t16-,18-/m1/s1. The van der Waals surface area contributed by atoms with Crippen LogP contribution in [-0.2, 0) is 6.54 Å². The van der Waals surface area contributed by atoms with Crippen LogP contribution in [-0.4, -0.2) is 34.0 Å². The Morgan fingerprint density at radius 2 is 2.03 bits per heavy atom. The van der Waals surface area contributed by atoms with E-state index >= 15 is 0 Å². The molecule has 1 aromatic carbocycles. The number of aromatic nitrogens is 3. The minimum atomic E-state index is -4.54. The minimum Gasteiger partial charge on any atom is -0.496 e. The second-order valence-electron chi connectivity index (χ2n) is 7.09. The topological polar surface area (TPSA) is 81.1 Å². The van der Waals surface area contributed by atoms with Gasteiger partial charge >= 0.3 is 6.18 Å². The van der Waals surface area contributed by atoms with Gasteiger partial charge in [0.2, 0.25) is 0 Å². The number of halogens is 3. The van der Waals surface area contributed by atoms with Gasteiger partial charge in [0.1, 0.15) is 17.1 Å². The molecule has 0 unspecified atom stereocenters. The van der Waals surface area contributed by atoms with Gasteiger partial charge in [0.25, 0.3) is 5.91 Å². The monoisotopic (exact) mass is 431 g/mol. The highest BCUT2D eigenvalue weighted by molar-refractivity contribution is 5.98. The maximum absolute atomic E-state index is 13.8. The van der Waals surface area contributed by atoms with Crippen molar-refractivity contribution in [1.82, 2.24) is 20.1 Å². The van der Waals surface area contributed by atoms with Gasteiger partial charge in [-0.1, -0.05) is 24.3 Å². The normalized spacial score (nSPS) is 18.1. The fourth-order valence-corrected chi connectivity index (χ4v) is 3.66. The first kappa shape index (κ1) is 20.7. The average molecular weight is 431 g/mol. The molecule has 4 rings (SSSR count). The number of carbonyl (C=O) groups is 1. The van der Waals surface area contributed by atoms with Crippen molar-refractivity contribution >= 4 is 11.7 Å². The van der Waals surface area contributed by atoms with Crippen molar-refractivity contribution in [2.45, 2.75) is 31.2 Å². The van der Waals surface area contributed by atoms with Gasteiger partial charge in [0, 0.05) is 18.2 Å². The Morgan fingerprint density at radius 3 is 2.74 bits per heavy atom. The number of anilines is 1. The van der Waals surface area contributed by atoms with Crippen LogP contribution < -0.4 is 15.4 Å². The first-order valence-corrected chi connectivity index (χ1v) is 9.60. The number of nitrogens with zero attached hydrogens (tertiary/aromatic N) is 3. The van der Waals surface area contributed by atoms with Crippen molar-refractivity contribution in [3.05, 3.63) is 71.7 Å². The summed E-state index contributed by atoms with van der Waals surface area (Å²) in [6, 6.07) is 9.54. The molecule has 0 spiro atoms. The highest BCUT2D eigenvalue weighted by atomic mass is 19.4. The van der Waals surface area contributed by atoms with Gasteiger partial charge in [-0.3, -0.25) is 9.78 Å². The quantitative estimate of drug-likeness (QED) is 0.641. The van der Waals surface area contributed by atoms with Crippen LogP contribution in [0.3, 0.4) is 0 Å². The number of alkyl halides is 3. The van der Waals surface area contributed by atoms with Crippen LogP contribution in [0.5, 0.6) is 5.75 Å². The molecular formula is C21H20F3N5O2. The van der Waals surface area contributed by atoms with Crippen LogP contribution in [0.15, 0.2) is 54.9 Å². The smallest absolute Gasteiger partial charge is 0.410 e.